The van der Waals surface area contributed by atoms with Gasteiger partial charge in [0.2, 0.25) is 0 Å². The third-order valence-electron chi connectivity index (χ3n) is 2.81. The van der Waals surface area contributed by atoms with Crippen molar-refractivity contribution >= 4 is 35.3 Å². The summed E-state index contributed by atoms with van der Waals surface area (Å²) in [5.74, 6) is -4.74. The normalized spacial score (nSPS) is 8.73. The Bertz CT molecular complexity index is 447. The summed E-state index contributed by atoms with van der Waals surface area (Å²) in [6.45, 7) is 7.96. The van der Waals surface area contributed by atoms with Crippen LogP contribution in [0, 0.1) is 0 Å². The topological polar surface area (TPSA) is 181 Å². The van der Waals surface area contributed by atoms with Crippen molar-refractivity contribution in [3.63, 3.8) is 0 Å². The molecule has 10 nitrogen and oxygen atoms in total. The van der Waals surface area contributed by atoms with E-state index in [-0.39, 0.29) is 36.6 Å². The summed E-state index contributed by atoms with van der Waals surface area (Å²) in [6, 6.07) is 0. The number of aliphatic carboxylic acids is 3. The Balaban J connectivity index is -0.000000151. The molecule has 0 aliphatic heterocycles. The van der Waals surface area contributed by atoms with Crippen LogP contribution in [0.15, 0.2) is 0 Å². The van der Waals surface area contributed by atoms with Gasteiger partial charge in [-0.25, -0.2) is 0 Å². The summed E-state index contributed by atoms with van der Waals surface area (Å²) in [5.41, 5.74) is 0. The number of ketones is 3. The first-order valence-electron chi connectivity index (χ1n) is 9.34. The minimum absolute atomic E-state index is 0.272. The summed E-state index contributed by atoms with van der Waals surface area (Å²) in [7, 11) is 0. The molecule has 0 N–H and O–H groups in total. The van der Waals surface area contributed by atoms with Crippen LogP contribution in [-0.4, -0.2) is 41.9 Å². The van der Waals surface area contributed by atoms with Crippen LogP contribution in [0.25, 0.3) is 0 Å². The van der Waals surface area contributed by atoms with Crippen molar-refractivity contribution in [2.45, 2.75) is 79.1 Å². The van der Waals surface area contributed by atoms with E-state index in [0.717, 1.165) is 6.61 Å². The molecule has 0 aromatic carbocycles. The van der Waals surface area contributed by atoms with E-state index in [9.17, 15) is 44.1 Å². The van der Waals surface area contributed by atoms with E-state index in [1.54, 1.807) is 20.8 Å². The second-order valence-corrected chi connectivity index (χ2v) is 6.23. The van der Waals surface area contributed by atoms with Crippen LogP contribution in [0.5, 0.6) is 0 Å². The molecule has 0 atom stereocenters. The number of rotatable bonds is 12. The Morgan fingerprint density at radius 3 is 0.967 bits per heavy atom. The molecule has 0 heterocycles. The Labute approximate surface area is 192 Å². The molecule has 0 aliphatic carbocycles. The number of hydrogen-bond donors (Lipinski definition) is 0. The zero-order valence-electron chi connectivity index (χ0n) is 17.9. The van der Waals surface area contributed by atoms with Crippen LogP contribution < -0.4 is 15.3 Å². The molecule has 0 saturated carbocycles. The third kappa shape index (κ3) is 45.2. The predicted octanol–water partition coefficient (Wildman–Crippen LogP) is -1.42. The number of carboxylic acid groups (broad SMARTS) is 3. The van der Waals surface area contributed by atoms with E-state index in [2.05, 4.69) is 6.92 Å². The van der Waals surface area contributed by atoms with Crippen molar-refractivity contribution < 1.29 is 72.1 Å². The van der Waals surface area contributed by atoms with Crippen molar-refractivity contribution in [2.75, 3.05) is 6.61 Å². The van der Waals surface area contributed by atoms with E-state index >= 15 is 0 Å². The molecule has 0 aliphatic rings. The first-order chi connectivity index (χ1) is 13.9. The van der Waals surface area contributed by atoms with Gasteiger partial charge in [-0.05, 0) is 0 Å². The van der Waals surface area contributed by atoms with Crippen LogP contribution in [0.4, 0.5) is 0 Å². The van der Waals surface area contributed by atoms with Gasteiger partial charge in [-0.15, -0.1) is 0 Å². The van der Waals surface area contributed by atoms with E-state index in [0.29, 0.717) is 0 Å². The summed E-state index contributed by atoms with van der Waals surface area (Å²) in [4.78, 5) is 59.5. The SMILES string of the molecule is CCC(=O)CC(=O)[O-].CCC(=O)CC(=O)[O-].CCC(=O)CC(=O)[O-].CCCC[O][Zr+3]. The summed E-state index contributed by atoms with van der Waals surface area (Å²) in [5, 5.41) is 28.9. The average Bonchev–Trinajstić information content (AvgIpc) is 2.66. The van der Waals surface area contributed by atoms with Gasteiger partial charge in [-0.2, -0.15) is 0 Å². The molecule has 0 rings (SSSR count). The predicted molar refractivity (Wildman–Crippen MR) is 95.6 cm³/mol. The molecule has 0 unspecified atom stereocenters. The molecule has 0 spiro atoms. The molecule has 0 radical (unpaired) electrons. The first-order valence-corrected chi connectivity index (χ1v) is 10.3. The maximum atomic E-state index is 10.2. The van der Waals surface area contributed by atoms with Crippen molar-refractivity contribution in [3.05, 3.63) is 0 Å². The van der Waals surface area contributed by atoms with Crippen molar-refractivity contribution in [1.82, 2.24) is 0 Å². The molecule has 0 amide bonds. The fourth-order valence-corrected chi connectivity index (χ4v) is 1.43. The van der Waals surface area contributed by atoms with Crippen molar-refractivity contribution in [2.24, 2.45) is 0 Å². The molecule has 0 aromatic heterocycles. The van der Waals surface area contributed by atoms with Gasteiger partial charge in [-0.1, -0.05) is 20.8 Å². The fourth-order valence-electron chi connectivity index (χ4n) is 1.07. The molecular weight excluding hydrogens is 479 g/mol. The van der Waals surface area contributed by atoms with Crippen molar-refractivity contribution in [3.8, 4) is 0 Å². The number of carbonyl (C=O) groups excluding carboxylic acids is 6. The van der Waals surface area contributed by atoms with E-state index in [4.69, 9.17) is 2.81 Å². The summed E-state index contributed by atoms with van der Waals surface area (Å²) in [6.07, 6.45) is 1.93. The monoisotopic (exact) mass is 508 g/mol. The van der Waals surface area contributed by atoms with Crippen molar-refractivity contribution in [1.29, 1.82) is 0 Å². The molecule has 0 saturated heterocycles. The van der Waals surface area contributed by atoms with Gasteiger partial charge >= 0.3 is 54.3 Å². The zero-order chi connectivity index (χ0) is 24.5. The van der Waals surface area contributed by atoms with Gasteiger partial charge in [0.15, 0.2) is 0 Å². The standard InChI is InChI=1S/3C5H8O3.C4H9O.Zr/c3*1-2-4(6)3-5(7)8;1-2-3-4-5;/h3*2-3H2,1H3,(H,7,8);2-4H2,1H3;/q;;;-1;+4/p-3. The quantitative estimate of drug-likeness (QED) is 0.224. The van der Waals surface area contributed by atoms with Crippen LogP contribution in [-0.2, 0) is 56.7 Å². The van der Waals surface area contributed by atoms with E-state index in [1.807, 2.05) is 0 Å². The molecule has 30 heavy (non-hydrogen) atoms. The van der Waals surface area contributed by atoms with Crippen LogP contribution in [0.1, 0.15) is 79.1 Å². The molecular formula is C19H30O10Zr. The number of unbranched alkanes of at least 4 members (excludes halogenated alkanes) is 1. The zero-order valence-corrected chi connectivity index (χ0v) is 20.4. The number of hydrogen-bond acceptors (Lipinski definition) is 10. The molecule has 11 heteroatoms. The minimum atomic E-state index is -1.29. The number of carbonyl (C=O) groups is 6. The Morgan fingerprint density at radius 1 is 0.633 bits per heavy atom. The molecule has 170 valence electrons. The first kappa shape index (κ1) is 35.7. The van der Waals surface area contributed by atoms with E-state index in [1.165, 1.54) is 38.0 Å². The number of Topliss-reactive ketones (excluding diaryl/α,β-unsaturated/α-hetero) is 3. The second-order valence-electron chi connectivity index (χ2n) is 5.53. The van der Waals surface area contributed by atoms with Crippen LogP contribution in [0.3, 0.4) is 0 Å². The molecule has 0 bridgehead atoms. The van der Waals surface area contributed by atoms with Gasteiger partial charge in [0.1, 0.15) is 17.3 Å². The number of carboxylic acids is 3. The van der Waals surface area contributed by atoms with Gasteiger partial charge in [0, 0.05) is 56.4 Å². The Hall–Kier alpha value is -1.74. The summed E-state index contributed by atoms with van der Waals surface area (Å²) < 4.78 is 4.87. The average molecular weight is 510 g/mol. The van der Waals surface area contributed by atoms with Crippen LogP contribution >= 0.6 is 0 Å². The summed E-state index contributed by atoms with van der Waals surface area (Å²) >= 11 is 1.19. The maximum absolute atomic E-state index is 10.2. The fraction of sp³-hybridized carbons (Fsp3) is 0.684. The van der Waals surface area contributed by atoms with Gasteiger partial charge in [0.25, 0.3) is 0 Å². The Morgan fingerprint density at radius 2 is 0.900 bits per heavy atom. The van der Waals surface area contributed by atoms with Crippen LogP contribution in [0.2, 0.25) is 0 Å². The molecule has 0 aromatic rings. The third-order valence-corrected chi connectivity index (χ3v) is 3.31. The van der Waals surface area contributed by atoms with Gasteiger partial charge in [0.05, 0.1) is 0 Å². The second kappa shape index (κ2) is 27.3. The van der Waals surface area contributed by atoms with Gasteiger partial charge < -0.3 is 29.7 Å². The van der Waals surface area contributed by atoms with Gasteiger partial charge in [-0.3, -0.25) is 14.4 Å². The Kier molecular flexibility index (Phi) is 32.4. The molecule has 0 fully saturated rings. The van der Waals surface area contributed by atoms with E-state index < -0.39 is 37.2 Å².